The molecule has 2 aromatic carbocycles. The van der Waals surface area contributed by atoms with Crippen LogP contribution in [-0.2, 0) is 11.0 Å². The average Bonchev–Trinajstić information content (AvgIpc) is 2.71. The predicted molar refractivity (Wildman–Crippen MR) is 90.0 cm³/mol. The SMILES string of the molecule is C#Cc1cccc(C2=Nc3cc(C)c(C(F)(F)F)cc3NC(=O)C2)c1. The standard InChI is InChI=1S/C19H13F3N2O/c1-3-12-5-4-6-13(8-12)15-10-18(25)24-17-9-14(19(20,21)22)11(2)7-16(17)23-15/h1,4-9H,10H2,2H3,(H,24,25). The lowest BCUT2D eigenvalue weighted by Gasteiger charge is -2.13. The summed E-state index contributed by atoms with van der Waals surface area (Å²) in [7, 11) is 0. The fraction of sp³-hybridized carbons (Fsp3) is 0.158. The van der Waals surface area contributed by atoms with Crippen molar-refractivity contribution in [2.45, 2.75) is 19.5 Å². The van der Waals surface area contributed by atoms with Gasteiger partial charge >= 0.3 is 6.18 Å². The molecule has 0 aromatic heterocycles. The first kappa shape index (κ1) is 16.8. The second kappa shape index (κ2) is 6.10. The molecule has 1 heterocycles. The van der Waals surface area contributed by atoms with Crippen LogP contribution < -0.4 is 5.32 Å². The van der Waals surface area contributed by atoms with Crippen molar-refractivity contribution in [1.29, 1.82) is 0 Å². The number of hydrogen-bond acceptors (Lipinski definition) is 2. The van der Waals surface area contributed by atoms with E-state index in [9.17, 15) is 18.0 Å². The number of benzene rings is 2. The molecule has 0 saturated carbocycles. The number of nitrogens with one attached hydrogen (secondary N) is 1. The summed E-state index contributed by atoms with van der Waals surface area (Å²) in [6.07, 6.45) is 0.836. The zero-order valence-corrected chi connectivity index (χ0v) is 13.2. The maximum absolute atomic E-state index is 13.1. The summed E-state index contributed by atoms with van der Waals surface area (Å²) in [6, 6.07) is 9.22. The third kappa shape index (κ3) is 3.41. The lowest BCUT2D eigenvalue weighted by atomic mass is 10.0. The van der Waals surface area contributed by atoms with Gasteiger partial charge < -0.3 is 5.32 Å². The van der Waals surface area contributed by atoms with E-state index in [1.54, 1.807) is 24.3 Å². The molecule has 6 heteroatoms. The van der Waals surface area contributed by atoms with Gasteiger partial charge in [-0.05, 0) is 42.3 Å². The minimum Gasteiger partial charge on any atom is -0.324 e. The van der Waals surface area contributed by atoms with Gasteiger partial charge in [0.15, 0.2) is 0 Å². The highest BCUT2D eigenvalue weighted by Crippen LogP contribution is 2.39. The summed E-state index contributed by atoms with van der Waals surface area (Å²) in [4.78, 5) is 16.5. The van der Waals surface area contributed by atoms with E-state index in [-0.39, 0.29) is 23.4 Å². The van der Waals surface area contributed by atoms with Crippen LogP contribution in [0.25, 0.3) is 0 Å². The maximum Gasteiger partial charge on any atom is 0.416 e. The molecule has 1 amide bonds. The molecule has 0 radical (unpaired) electrons. The summed E-state index contributed by atoms with van der Waals surface area (Å²) in [6.45, 7) is 1.37. The Balaban J connectivity index is 2.14. The molecular formula is C19H13F3N2O. The van der Waals surface area contributed by atoms with Crippen molar-refractivity contribution >= 4 is 23.0 Å². The molecule has 25 heavy (non-hydrogen) atoms. The third-order valence-electron chi connectivity index (χ3n) is 3.87. The van der Waals surface area contributed by atoms with Gasteiger partial charge in [-0.3, -0.25) is 9.79 Å². The smallest absolute Gasteiger partial charge is 0.324 e. The van der Waals surface area contributed by atoms with Crippen molar-refractivity contribution in [3.63, 3.8) is 0 Å². The van der Waals surface area contributed by atoms with Crippen molar-refractivity contribution in [2.75, 3.05) is 5.32 Å². The second-order valence-corrected chi connectivity index (χ2v) is 5.69. The Kier molecular flexibility index (Phi) is 4.09. The molecule has 0 spiro atoms. The second-order valence-electron chi connectivity index (χ2n) is 5.69. The Morgan fingerprint density at radius 3 is 2.68 bits per heavy atom. The van der Waals surface area contributed by atoms with Gasteiger partial charge in [-0.25, -0.2) is 0 Å². The monoisotopic (exact) mass is 342 g/mol. The summed E-state index contributed by atoms with van der Waals surface area (Å²) in [5.74, 6) is 2.08. The topological polar surface area (TPSA) is 41.5 Å². The normalized spacial score (nSPS) is 14.0. The molecule has 3 nitrogen and oxygen atoms in total. The molecule has 0 unspecified atom stereocenters. The van der Waals surface area contributed by atoms with Crippen molar-refractivity contribution in [3.8, 4) is 12.3 Å². The number of halogens is 3. The van der Waals surface area contributed by atoms with E-state index in [1.807, 2.05) is 0 Å². The molecule has 0 aliphatic carbocycles. The van der Waals surface area contributed by atoms with Gasteiger partial charge in [-0.15, -0.1) is 6.42 Å². The van der Waals surface area contributed by atoms with Crippen LogP contribution in [0.1, 0.15) is 28.7 Å². The Bertz CT molecular complexity index is 937. The average molecular weight is 342 g/mol. The van der Waals surface area contributed by atoms with E-state index in [0.29, 0.717) is 16.8 Å². The van der Waals surface area contributed by atoms with Gasteiger partial charge in [-0.1, -0.05) is 18.1 Å². The minimum atomic E-state index is -4.50. The van der Waals surface area contributed by atoms with Crippen molar-refractivity contribution in [3.05, 3.63) is 58.7 Å². The first-order chi connectivity index (χ1) is 11.8. The number of anilines is 1. The van der Waals surface area contributed by atoms with Crippen LogP contribution in [0.15, 0.2) is 41.4 Å². The zero-order valence-electron chi connectivity index (χ0n) is 13.2. The van der Waals surface area contributed by atoms with Gasteiger partial charge in [0, 0.05) is 5.56 Å². The highest BCUT2D eigenvalue weighted by molar-refractivity contribution is 6.17. The summed E-state index contributed by atoms with van der Waals surface area (Å²) >= 11 is 0. The lowest BCUT2D eigenvalue weighted by Crippen LogP contribution is -2.15. The number of aliphatic imine (C=N–C) groups is 1. The molecule has 3 rings (SSSR count). The van der Waals surface area contributed by atoms with Gasteiger partial charge in [-0.2, -0.15) is 13.2 Å². The summed E-state index contributed by atoms with van der Waals surface area (Å²) in [5.41, 5.74) is 1.34. The molecular weight excluding hydrogens is 329 g/mol. The molecule has 1 aliphatic rings. The minimum absolute atomic E-state index is 0.0443. The first-order valence-electron chi connectivity index (χ1n) is 7.44. The molecule has 2 aromatic rings. The van der Waals surface area contributed by atoms with E-state index in [4.69, 9.17) is 6.42 Å². The summed E-state index contributed by atoms with van der Waals surface area (Å²) < 4.78 is 39.2. The number of terminal acetylenes is 1. The molecule has 1 aliphatic heterocycles. The molecule has 126 valence electrons. The van der Waals surface area contributed by atoms with Crippen LogP contribution in [0.5, 0.6) is 0 Å². The summed E-state index contributed by atoms with van der Waals surface area (Å²) in [5, 5.41) is 2.50. The molecule has 0 fully saturated rings. The van der Waals surface area contributed by atoms with Gasteiger partial charge in [0.2, 0.25) is 5.91 Å². The van der Waals surface area contributed by atoms with Crippen LogP contribution in [0.3, 0.4) is 0 Å². The number of amides is 1. The fourth-order valence-electron chi connectivity index (χ4n) is 2.68. The van der Waals surface area contributed by atoms with Crippen molar-refractivity contribution < 1.29 is 18.0 Å². The molecule has 0 atom stereocenters. The quantitative estimate of drug-likeness (QED) is 0.764. The van der Waals surface area contributed by atoms with Crippen LogP contribution in [-0.4, -0.2) is 11.6 Å². The van der Waals surface area contributed by atoms with E-state index < -0.39 is 17.6 Å². The van der Waals surface area contributed by atoms with E-state index in [2.05, 4.69) is 16.2 Å². The van der Waals surface area contributed by atoms with E-state index in [0.717, 1.165) is 6.07 Å². The fourth-order valence-corrected chi connectivity index (χ4v) is 2.68. The Hall–Kier alpha value is -3.07. The number of alkyl halides is 3. The van der Waals surface area contributed by atoms with Crippen LogP contribution in [0.2, 0.25) is 0 Å². The number of fused-ring (bicyclic) bond motifs is 1. The van der Waals surface area contributed by atoms with E-state index >= 15 is 0 Å². The predicted octanol–water partition coefficient (Wildman–Crippen LogP) is 4.46. The van der Waals surface area contributed by atoms with Crippen LogP contribution in [0.4, 0.5) is 24.5 Å². The Morgan fingerprint density at radius 2 is 2.00 bits per heavy atom. The molecule has 1 N–H and O–H groups in total. The number of rotatable bonds is 1. The van der Waals surface area contributed by atoms with Crippen molar-refractivity contribution in [2.24, 2.45) is 4.99 Å². The number of aryl methyl sites for hydroxylation is 1. The largest absolute Gasteiger partial charge is 0.416 e. The molecule has 0 bridgehead atoms. The number of carbonyl (C=O) groups excluding carboxylic acids is 1. The zero-order chi connectivity index (χ0) is 18.2. The first-order valence-corrected chi connectivity index (χ1v) is 7.44. The highest BCUT2D eigenvalue weighted by Gasteiger charge is 2.33. The maximum atomic E-state index is 13.1. The Labute approximate surface area is 142 Å². The van der Waals surface area contributed by atoms with Gasteiger partial charge in [0.25, 0.3) is 0 Å². The highest BCUT2D eigenvalue weighted by atomic mass is 19.4. The molecule has 0 saturated heterocycles. The van der Waals surface area contributed by atoms with Gasteiger partial charge in [0.05, 0.1) is 29.1 Å². The number of carbonyl (C=O) groups is 1. The Morgan fingerprint density at radius 1 is 1.24 bits per heavy atom. The van der Waals surface area contributed by atoms with Gasteiger partial charge in [0.1, 0.15) is 0 Å². The number of hydrogen-bond donors (Lipinski definition) is 1. The van der Waals surface area contributed by atoms with Crippen LogP contribution in [0, 0.1) is 19.3 Å². The third-order valence-corrected chi connectivity index (χ3v) is 3.87. The number of nitrogens with zero attached hydrogens (tertiary/aromatic N) is 1. The lowest BCUT2D eigenvalue weighted by molar-refractivity contribution is -0.138. The van der Waals surface area contributed by atoms with E-state index in [1.165, 1.54) is 13.0 Å². The van der Waals surface area contributed by atoms with Crippen LogP contribution >= 0.6 is 0 Å². The van der Waals surface area contributed by atoms with Crippen molar-refractivity contribution in [1.82, 2.24) is 0 Å².